The SMILES string of the molecule is CCC12CO[C@@H](c3ccnc4ccc(O)cc34)C3CC1CCN3C2. The number of pyridine rings is 1. The zero-order valence-corrected chi connectivity index (χ0v) is 14.1. The lowest BCUT2D eigenvalue weighted by atomic mass is 9.64. The lowest BCUT2D eigenvalue weighted by Crippen LogP contribution is -2.58. The number of rotatable bonds is 2. The molecule has 1 aromatic heterocycles. The molecule has 0 aliphatic carbocycles. The fourth-order valence-corrected chi connectivity index (χ4v) is 5.38. The minimum atomic E-state index is 0.0797. The summed E-state index contributed by atoms with van der Waals surface area (Å²) in [4.78, 5) is 7.12. The van der Waals surface area contributed by atoms with Crippen LogP contribution in [0.15, 0.2) is 30.5 Å². The molecule has 0 spiro atoms. The second kappa shape index (κ2) is 5.17. The second-order valence-electron chi connectivity index (χ2n) is 7.81. The van der Waals surface area contributed by atoms with Crippen molar-refractivity contribution in [1.29, 1.82) is 0 Å². The Labute approximate surface area is 142 Å². The molecule has 5 saturated heterocycles. The summed E-state index contributed by atoms with van der Waals surface area (Å²) in [5.41, 5.74) is 2.45. The van der Waals surface area contributed by atoms with Crippen molar-refractivity contribution in [1.82, 2.24) is 9.88 Å². The zero-order chi connectivity index (χ0) is 16.3. The summed E-state index contributed by atoms with van der Waals surface area (Å²) in [6, 6.07) is 7.97. The molecule has 4 bridgehead atoms. The average Bonchev–Trinajstić information content (AvgIpc) is 2.86. The number of aromatic hydroxyl groups is 1. The number of fused-ring (bicyclic) bond motifs is 4. The first-order valence-electron chi connectivity index (χ1n) is 9.13. The molecule has 0 saturated carbocycles. The molecule has 5 aliphatic rings. The number of hydrogen-bond donors (Lipinski definition) is 1. The van der Waals surface area contributed by atoms with Gasteiger partial charge in [0.1, 0.15) is 5.75 Å². The van der Waals surface area contributed by atoms with E-state index in [1.807, 2.05) is 18.3 Å². The highest BCUT2D eigenvalue weighted by Crippen LogP contribution is 2.53. The Hall–Kier alpha value is -1.65. The van der Waals surface area contributed by atoms with E-state index in [4.69, 9.17) is 4.74 Å². The molecule has 5 aliphatic heterocycles. The molecule has 7 rings (SSSR count). The van der Waals surface area contributed by atoms with Gasteiger partial charge >= 0.3 is 0 Å². The van der Waals surface area contributed by atoms with Gasteiger partial charge in [-0.2, -0.15) is 0 Å². The normalized spacial score (nSPS) is 37.7. The van der Waals surface area contributed by atoms with Crippen LogP contribution < -0.4 is 0 Å². The topological polar surface area (TPSA) is 45.6 Å². The van der Waals surface area contributed by atoms with Crippen molar-refractivity contribution in [3.63, 3.8) is 0 Å². The van der Waals surface area contributed by atoms with Gasteiger partial charge in [0, 0.05) is 29.6 Å². The molecule has 1 aromatic carbocycles. The van der Waals surface area contributed by atoms with Crippen molar-refractivity contribution >= 4 is 10.9 Å². The molecule has 2 aromatic rings. The highest BCUT2D eigenvalue weighted by Gasteiger charge is 2.54. The minimum absolute atomic E-state index is 0.0797. The Morgan fingerprint density at radius 3 is 3.08 bits per heavy atom. The zero-order valence-electron chi connectivity index (χ0n) is 14.1. The van der Waals surface area contributed by atoms with Crippen LogP contribution in [0.5, 0.6) is 5.75 Å². The van der Waals surface area contributed by atoms with E-state index in [0.717, 1.165) is 23.4 Å². The van der Waals surface area contributed by atoms with Crippen LogP contribution in [0.4, 0.5) is 0 Å². The number of phenols is 1. The van der Waals surface area contributed by atoms with Crippen molar-refractivity contribution in [2.24, 2.45) is 11.3 Å². The van der Waals surface area contributed by atoms with E-state index >= 15 is 0 Å². The van der Waals surface area contributed by atoms with Gasteiger partial charge in [-0.1, -0.05) is 6.92 Å². The largest absolute Gasteiger partial charge is 0.508 e. The maximum atomic E-state index is 9.95. The molecular formula is C20H24N2O2. The lowest BCUT2D eigenvalue weighted by molar-refractivity contribution is -0.0499. The second-order valence-corrected chi connectivity index (χ2v) is 7.81. The molecule has 1 N–H and O–H groups in total. The summed E-state index contributed by atoms with van der Waals surface area (Å²) in [5, 5.41) is 11.0. The number of aromatic nitrogens is 1. The molecule has 0 amide bonds. The third kappa shape index (κ3) is 1.96. The number of ether oxygens (including phenoxy) is 1. The van der Waals surface area contributed by atoms with Crippen LogP contribution in [0.2, 0.25) is 0 Å². The molecule has 4 nitrogen and oxygen atoms in total. The average molecular weight is 324 g/mol. The van der Waals surface area contributed by atoms with Crippen molar-refractivity contribution in [3.8, 4) is 5.75 Å². The summed E-state index contributed by atoms with van der Waals surface area (Å²) in [7, 11) is 0. The van der Waals surface area contributed by atoms with Gasteiger partial charge in [0.2, 0.25) is 0 Å². The van der Waals surface area contributed by atoms with Gasteiger partial charge in [0.15, 0.2) is 0 Å². The Morgan fingerprint density at radius 1 is 1.38 bits per heavy atom. The van der Waals surface area contributed by atoms with Gasteiger partial charge in [-0.05, 0) is 61.6 Å². The van der Waals surface area contributed by atoms with Crippen LogP contribution in [0.1, 0.15) is 37.9 Å². The monoisotopic (exact) mass is 324 g/mol. The van der Waals surface area contributed by atoms with Crippen LogP contribution in [-0.4, -0.2) is 40.7 Å². The van der Waals surface area contributed by atoms with Crippen LogP contribution in [0.3, 0.4) is 0 Å². The number of hydrogen-bond acceptors (Lipinski definition) is 4. The standard InChI is InChI=1S/C20H24N2O2/c1-2-20-11-22-8-6-13(20)9-18(22)19(24-12-20)15-5-7-21-17-4-3-14(23)10-16(15)17/h3-5,7,10,13,18-19,23H,2,6,8-9,11-12H2,1H3/t13?,18?,19-,20?/m0/s1. The number of benzene rings is 1. The number of nitrogens with zero attached hydrogens (tertiary/aromatic N) is 2. The Balaban J connectivity index is 1.62. The van der Waals surface area contributed by atoms with Crippen LogP contribution in [-0.2, 0) is 4.74 Å². The number of phenolic OH excluding ortho intramolecular Hbond substituents is 1. The maximum Gasteiger partial charge on any atom is 0.116 e. The fourth-order valence-electron chi connectivity index (χ4n) is 5.38. The maximum absolute atomic E-state index is 9.95. The summed E-state index contributed by atoms with van der Waals surface area (Å²) >= 11 is 0. The van der Waals surface area contributed by atoms with Gasteiger partial charge in [-0.3, -0.25) is 9.88 Å². The van der Waals surface area contributed by atoms with Crippen molar-refractivity contribution in [2.45, 2.75) is 38.3 Å². The van der Waals surface area contributed by atoms with Crippen LogP contribution in [0.25, 0.3) is 10.9 Å². The van der Waals surface area contributed by atoms with E-state index in [1.165, 1.54) is 37.9 Å². The van der Waals surface area contributed by atoms with E-state index in [-0.39, 0.29) is 6.10 Å². The van der Waals surface area contributed by atoms with E-state index in [0.29, 0.717) is 17.2 Å². The first kappa shape index (κ1) is 14.7. The Bertz CT molecular complexity index is 792. The predicted molar refractivity (Wildman–Crippen MR) is 92.9 cm³/mol. The quantitative estimate of drug-likeness (QED) is 0.918. The Kier molecular flexibility index (Phi) is 3.16. The van der Waals surface area contributed by atoms with E-state index in [1.54, 1.807) is 6.07 Å². The smallest absolute Gasteiger partial charge is 0.116 e. The Morgan fingerprint density at radius 2 is 2.29 bits per heavy atom. The van der Waals surface area contributed by atoms with Crippen molar-refractivity contribution in [3.05, 3.63) is 36.0 Å². The first-order valence-corrected chi connectivity index (χ1v) is 9.13. The van der Waals surface area contributed by atoms with Gasteiger partial charge in [0.05, 0.1) is 18.2 Å². The predicted octanol–water partition coefficient (Wildman–Crippen LogP) is 3.50. The van der Waals surface area contributed by atoms with Gasteiger partial charge in [0.25, 0.3) is 0 Å². The van der Waals surface area contributed by atoms with Crippen molar-refractivity contribution < 1.29 is 9.84 Å². The summed E-state index contributed by atoms with van der Waals surface area (Å²) in [6.45, 7) is 5.56. The molecule has 126 valence electrons. The first-order chi connectivity index (χ1) is 11.7. The van der Waals surface area contributed by atoms with Crippen LogP contribution >= 0.6 is 0 Å². The molecule has 5 fully saturated rings. The fraction of sp³-hybridized carbons (Fsp3) is 0.550. The van der Waals surface area contributed by atoms with Crippen molar-refractivity contribution in [2.75, 3.05) is 19.7 Å². The highest BCUT2D eigenvalue weighted by molar-refractivity contribution is 5.83. The van der Waals surface area contributed by atoms with Gasteiger partial charge in [-0.15, -0.1) is 0 Å². The van der Waals surface area contributed by atoms with E-state index in [2.05, 4.69) is 22.9 Å². The molecule has 24 heavy (non-hydrogen) atoms. The van der Waals surface area contributed by atoms with E-state index in [9.17, 15) is 5.11 Å². The van der Waals surface area contributed by atoms with Gasteiger partial charge in [-0.25, -0.2) is 0 Å². The molecule has 4 unspecified atom stereocenters. The summed E-state index contributed by atoms with van der Waals surface area (Å²) < 4.78 is 6.55. The molecule has 6 heterocycles. The highest BCUT2D eigenvalue weighted by atomic mass is 16.5. The third-order valence-corrected chi connectivity index (χ3v) is 6.81. The summed E-state index contributed by atoms with van der Waals surface area (Å²) in [5.74, 6) is 1.09. The van der Waals surface area contributed by atoms with Crippen LogP contribution in [0, 0.1) is 11.3 Å². The molecule has 4 heteroatoms. The van der Waals surface area contributed by atoms with E-state index < -0.39 is 0 Å². The summed E-state index contributed by atoms with van der Waals surface area (Å²) in [6.07, 6.45) is 5.71. The third-order valence-electron chi connectivity index (χ3n) is 6.81. The molecular weight excluding hydrogens is 300 g/mol. The lowest BCUT2D eigenvalue weighted by Gasteiger charge is -2.54. The minimum Gasteiger partial charge on any atom is -0.508 e. The number of piperidine rings is 3. The molecule has 5 atom stereocenters. The van der Waals surface area contributed by atoms with Gasteiger partial charge < -0.3 is 9.84 Å². The molecule has 0 radical (unpaired) electrons.